The normalized spacial score (nSPS) is 11.0. The van der Waals surface area contributed by atoms with Gasteiger partial charge < -0.3 is 9.73 Å². The van der Waals surface area contributed by atoms with Crippen LogP contribution in [0.25, 0.3) is 22.4 Å². The van der Waals surface area contributed by atoms with Gasteiger partial charge in [-0.3, -0.25) is 0 Å². The SMILES string of the molecule is CCCNc1ncnc(-c2cc3cc(C)ccc3o2)c1C. The van der Waals surface area contributed by atoms with Crippen LogP contribution in [0.5, 0.6) is 0 Å². The van der Waals surface area contributed by atoms with Gasteiger partial charge in [-0.05, 0) is 38.5 Å². The van der Waals surface area contributed by atoms with Crippen LogP contribution in [0.4, 0.5) is 5.82 Å². The molecule has 0 radical (unpaired) electrons. The van der Waals surface area contributed by atoms with E-state index >= 15 is 0 Å². The Bertz CT molecular complexity index is 777. The van der Waals surface area contributed by atoms with E-state index in [2.05, 4.69) is 41.3 Å². The van der Waals surface area contributed by atoms with Crippen molar-refractivity contribution in [3.8, 4) is 11.5 Å². The van der Waals surface area contributed by atoms with Crippen LogP contribution in [0, 0.1) is 13.8 Å². The van der Waals surface area contributed by atoms with Crippen LogP contribution < -0.4 is 5.32 Å². The summed E-state index contributed by atoms with van der Waals surface area (Å²) < 4.78 is 5.93. The molecule has 4 nitrogen and oxygen atoms in total. The molecule has 1 aromatic carbocycles. The largest absolute Gasteiger partial charge is 0.454 e. The lowest BCUT2D eigenvalue weighted by atomic mass is 10.1. The van der Waals surface area contributed by atoms with E-state index in [1.165, 1.54) is 5.56 Å². The second-order valence-electron chi connectivity index (χ2n) is 5.27. The standard InChI is InChI=1S/C17H19N3O/c1-4-7-18-17-12(3)16(19-10-20-17)15-9-13-8-11(2)5-6-14(13)21-15/h5-6,8-10H,4,7H2,1-3H3,(H,18,19,20). The highest BCUT2D eigenvalue weighted by Crippen LogP contribution is 2.30. The van der Waals surface area contributed by atoms with E-state index in [-0.39, 0.29) is 0 Å². The molecule has 0 spiro atoms. The molecule has 2 heterocycles. The third kappa shape index (κ3) is 2.61. The quantitative estimate of drug-likeness (QED) is 0.773. The van der Waals surface area contributed by atoms with Gasteiger partial charge in [-0.2, -0.15) is 0 Å². The average Bonchev–Trinajstić information content (AvgIpc) is 2.89. The van der Waals surface area contributed by atoms with Gasteiger partial charge in [0.15, 0.2) is 5.76 Å². The zero-order valence-corrected chi connectivity index (χ0v) is 12.6. The van der Waals surface area contributed by atoms with Crippen LogP contribution in [0.3, 0.4) is 0 Å². The predicted octanol–water partition coefficient (Wildman–Crippen LogP) is 4.33. The molecule has 0 unspecified atom stereocenters. The molecule has 4 heteroatoms. The Labute approximate surface area is 124 Å². The topological polar surface area (TPSA) is 51.0 Å². The minimum atomic E-state index is 0.787. The number of nitrogens with zero attached hydrogens (tertiary/aromatic N) is 2. The van der Waals surface area contributed by atoms with E-state index < -0.39 is 0 Å². The molecule has 1 N–H and O–H groups in total. The Hall–Kier alpha value is -2.36. The lowest BCUT2D eigenvalue weighted by Crippen LogP contribution is -2.05. The van der Waals surface area contributed by atoms with E-state index in [1.807, 2.05) is 19.1 Å². The maximum Gasteiger partial charge on any atom is 0.154 e. The molecule has 3 aromatic rings. The van der Waals surface area contributed by atoms with Crippen molar-refractivity contribution < 1.29 is 4.42 Å². The minimum Gasteiger partial charge on any atom is -0.454 e. The lowest BCUT2D eigenvalue weighted by Gasteiger charge is -2.09. The van der Waals surface area contributed by atoms with E-state index in [4.69, 9.17) is 4.42 Å². The Balaban J connectivity index is 2.05. The molecule has 0 aliphatic heterocycles. The van der Waals surface area contributed by atoms with Gasteiger partial charge in [-0.15, -0.1) is 0 Å². The van der Waals surface area contributed by atoms with E-state index in [1.54, 1.807) is 6.33 Å². The molecule has 0 aliphatic carbocycles. The van der Waals surface area contributed by atoms with Gasteiger partial charge in [0.05, 0.1) is 0 Å². The van der Waals surface area contributed by atoms with Crippen molar-refractivity contribution in [2.45, 2.75) is 27.2 Å². The van der Waals surface area contributed by atoms with Gasteiger partial charge >= 0.3 is 0 Å². The second-order valence-corrected chi connectivity index (χ2v) is 5.27. The van der Waals surface area contributed by atoms with Crippen molar-refractivity contribution in [1.82, 2.24) is 9.97 Å². The van der Waals surface area contributed by atoms with Gasteiger partial charge in [0, 0.05) is 17.5 Å². The van der Waals surface area contributed by atoms with Crippen molar-refractivity contribution in [2.24, 2.45) is 0 Å². The van der Waals surface area contributed by atoms with Crippen molar-refractivity contribution in [3.63, 3.8) is 0 Å². The highest BCUT2D eigenvalue weighted by Gasteiger charge is 2.13. The number of furan rings is 1. The van der Waals surface area contributed by atoms with Crippen LogP contribution >= 0.6 is 0 Å². The smallest absolute Gasteiger partial charge is 0.154 e. The monoisotopic (exact) mass is 281 g/mol. The summed E-state index contributed by atoms with van der Waals surface area (Å²) in [5.41, 5.74) is 3.97. The van der Waals surface area contributed by atoms with Crippen LogP contribution in [-0.4, -0.2) is 16.5 Å². The lowest BCUT2D eigenvalue weighted by molar-refractivity contribution is 0.627. The maximum absolute atomic E-state index is 5.93. The Morgan fingerprint density at radius 1 is 1.14 bits per heavy atom. The fourth-order valence-corrected chi connectivity index (χ4v) is 2.40. The molecule has 0 aliphatic rings. The number of anilines is 1. The molecule has 2 aromatic heterocycles. The first-order valence-corrected chi connectivity index (χ1v) is 7.25. The van der Waals surface area contributed by atoms with Crippen molar-refractivity contribution in [1.29, 1.82) is 0 Å². The number of fused-ring (bicyclic) bond motifs is 1. The molecule has 0 saturated heterocycles. The first kappa shape index (κ1) is 13.6. The summed E-state index contributed by atoms with van der Waals surface area (Å²) in [6.07, 6.45) is 2.64. The fraction of sp³-hybridized carbons (Fsp3) is 0.294. The molecule has 21 heavy (non-hydrogen) atoms. The molecule has 0 saturated carbocycles. The molecular formula is C17H19N3O. The Morgan fingerprint density at radius 2 is 2.00 bits per heavy atom. The van der Waals surface area contributed by atoms with Crippen molar-refractivity contribution >= 4 is 16.8 Å². The second kappa shape index (κ2) is 5.56. The van der Waals surface area contributed by atoms with Crippen LogP contribution in [0.2, 0.25) is 0 Å². The van der Waals surface area contributed by atoms with Gasteiger partial charge in [0.2, 0.25) is 0 Å². The van der Waals surface area contributed by atoms with Crippen LogP contribution in [0.1, 0.15) is 24.5 Å². The van der Waals surface area contributed by atoms with Crippen molar-refractivity contribution in [2.75, 3.05) is 11.9 Å². The molecule has 0 bridgehead atoms. The number of rotatable bonds is 4. The summed E-state index contributed by atoms with van der Waals surface area (Å²) in [7, 11) is 0. The van der Waals surface area contributed by atoms with Gasteiger partial charge in [0.25, 0.3) is 0 Å². The summed E-state index contributed by atoms with van der Waals surface area (Å²) in [5.74, 6) is 1.66. The molecule has 3 rings (SSSR count). The first-order chi connectivity index (χ1) is 10.2. The summed E-state index contributed by atoms with van der Waals surface area (Å²) in [4.78, 5) is 8.70. The van der Waals surface area contributed by atoms with Crippen LogP contribution in [-0.2, 0) is 0 Å². The number of benzene rings is 1. The van der Waals surface area contributed by atoms with Gasteiger partial charge in [0.1, 0.15) is 23.4 Å². The minimum absolute atomic E-state index is 0.787. The van der Waals surface area contributed by atoms with Crippen molar-refractivity contribution in [3.05, 3.63) is 41.7 Å². The Morgan fingerprint density at radius 3 is 2.81 bits per heavy atom. The highest BCUT2D eigenvalue weighted by atomic mass is 16.3. The molecule has 0 fully saturated rings. The predicted molar refractivity (Wildman–Crippen MR) is 85.5 cm³/mol. The number of nitrogens with one attached hydrogen (secondary N) is 1. The third-order valence-corrected chi connectivity index (χ3v) is 3.53. The molecule has 0 atom stereocenters. The average molecular weight is 281 g/mol. The molecule has 108 valence electrons. The van der Waals surface area contributed by atoms with Crippen LogP contribution in [0.15, 0.2) is 35.0 Å². The van der Waals surface area contributed by atoms with E-state index in [0.717, 1.165) is 46.8 Å². The van der Waals surface area contributed by atoms with Gasteiger partial charge in [-0.25, -0.2) is 9.97 Å². The number of aryl methyl sites for hydroxylation is 1. The molecule has 0 amide bonds. The fourth-order valence-electron chi connectivity index (χ4n) is 2.40. The number of aromatic nitrogens is 2. The Kier molecular flexibility index (Phi) is 3.60. The van der Waals surface area contributed by atoms with E-state index in [0.29, 0.717) is 0 Å². The maximum atomic E-state index is 5.93. The summed E-state index contributed by atoms with van der Waals surface area (Å²) in [5, 5.41) is 4.43. The van der Waals surface area contributed by atoms with Gasteiger partial charge in [-0.1, -0.05) is 18.6 Å². The summed E-state index contributed by atoms with van der Waals surface area (Å²) >= 11 is 0. The first-order valence-electron chi connectivity index (χ1n) is 7.25. The summed E-state index contributed by atoms with van der Waals surface area (Å²) in [6, 6.07) is 8.22. The van der Waals surface area contributed by atoms with E-state index in [9.17, 15) is 0 Å². The highest BCUT2D eigenvalue weighted by molar-refractivity contribution is 5.83. The zero-order valence-electron chi connectivity index (χ0n) is 12.6. The molecular weight excluding hydrogens is 262 g/mol. The summed E-state index contributed by atoms with van der Waals surface area (Å²) in [6.45, 7) is 7.13. The zero-order chi connectivity index (χ0) is 14.8. The number of hydrogen-bond acceptors (Lipinski definition) is 4. The number of hydrogen-bond donors (Lipinski definition) is 1. The third-order valence-electron chi connectivity index (χ3n) is 3.53.